The van der Waals surface area contributed by atoms with Crippen LogP contribution in [0.2, 0.25) is 0 Å². The predicted octanol–water partition coefficient (Wildman–Crippen LogP) is 5.48. The number of hydrogen-bond donors (Lipinski definition) is 0. The fourth-order valence-corrected chi connectivity index (χ4v) is 2.93. The van der Waals surface area contributed by atoms with E-state index >= 15 is 0 Å². The van der Waals surface area contributed by atoms with E-state index in [9.17, 15) is 0 Å². The summed E-state index contributed by atoms with van der Waals surface area (Å²) in [6.45, 7) is 2.69. The summed E-state index contributed by atoms with van der Waals surface area (Å²) in [6, 6.07) is 27.2. The molecule has 0 aromatic heterocycles. The maximum Gasteiger partial charge on any atom is 0.123 e. The molecule has 2 heteroatoms. The van der Waals surface area contributed by atoms with Gasteiger partial charge in [-0.1, -0.05) is 73.7 Å². The molecule has 0 fully saturated rings. The summed E-state index contributed by atoms with van der Waals surface area (Å²) in [5, 5.41) is 8.98. The average Bonchev–Trinajstić information content (AvgIpc) is 2.69. The van der Waals surface area contributed by atoms with Gasteiger partial charge >= 0.3 is 0 Å². The lowest BCUT2D eigenvalue weighted by atomic mass is 10.00. The third-order valence-corrected chi connectivity index (χ3v) is 4.48. The third kappa shape index (κ3) is 4.74. The largest absolute Gasteiger partial charge is 0.489 e. The summed E-state index contributed by atoms with van der Waals surface area (Å²) in [6.07, 6.45) is 2.27. The van der Waals surface area contributed by atoms with Gasteiger partial charge in [-0.3, -0.25) is 0 Å². The lowest BCUT2D eigenvalue weighted by Crippen LogP contribution is -2.00. The highest BCUT2D eigenvalue weighted by Crippen LogP contribution is 2.25. The Morgan fingerprint density at radius 3 is 2.19 bits per heavy atom. The van der Waals surface area contributed by atoms with Crippen molar-refractivity contribution in [2.45, 2.75) is 32.8 Å². The molecule has 0 spiro atoms. The van der Waals surface area contributed by atoms with E-state index in [1.54, 1.807) is 0 Å². The minimum atomic E-state index is 0.396. The summed E-state index contributed by atoms with van der Waals surface area (Å²) >= 11 is 0. The van der Waals surface area contributed by atoms with Gasteiger partial charge in [0, 0.05) is 6.42 Å². The molecule has 0 amide bonds. The Morgan fingerprint density at radius 2 is 1.50 bits per heavy atom. The minimum absolute atomic E-state index is 0.396. The van der Waals surface area contributed by atoms with Crippen molar-refractivity contribution in [3.05, 3.63) is 101 Å². The Balaban J connectivity index is 1.81. The highest BCUT2D eigenvalue weighted by molar-refractivity contribution is 5.42. The highest BCUT2D eigenvalue weighted by Gasteiger charge is 2.08. The minimum Gasteiger partial charge on any atom is -0.489 e. The molecule has 0 radical (unpaired) electrons. The zero-order valence-electron chi connectivity index (χ0n) is 15.1. The molecule has 2 nitrogen and oxygen atoms in total. The smallest absolute Gasteiger partial charge is 0.123 e. The lowest BCUT2D eigenvalue weighted by Gasteiger charge is -2.13. The third-order valence-electron chi connectivity index (χ3n) is 4.48. The van der Waals surface area contributed by atoms with Crippen LogP contribution in [0.4, 0.5) is 0 Å². The molecule has 0 saturated heterocycles. The predicted molar refractivity (Wildman–Crippen MR) is 105 cm³/mol. The van der Waals surface area contributed by atoms with Crippen molar-refractivity contribution < 1.29 is 4.74 Å². The van der Waals surface area contributed by atoms with E-state index in [1.807, 2.05) is 30.3 Å². The normalized spacial score (nSPS) is 10.3. The Labute approximate surface area is 155 Å². The van der Waals surface area contributed by atoms with Crippen LogP contribution in [0.1, 0.15) is 34.7 Å². The first-order valence-corrected chi connectivity index (χ1v) is 9.01. The molecule has 3 rings (SSSR count). The average molecular weight is 341 g/mol. The second-order valence-electron chi connectivity index (χ2n) is 6.40. The monoisotopic (exact) mass is 341 g/mol. The fraction of sp³-hybridized carbons (Fsp3) is 0.208. The van der Waals surface area contributed by atoms with E-state index in [1.165, 1.54) is 11.1 Å². The van der Waals surface area contributed by atoms with Crippen molar-refractivity contribution in [1.29, 1.82) is 5.26 Å². The number of hydrogen-bond acceptors (Lipinski definition) is 2. The van der Waals surface area contributed by atoms with Gasteiger partial charge in [0.2, 0.25) is 0 Å². The summed E-state index contributed by atoms with van der Waals surface area (Å²) in [5.74, 6) is 0.862. The first-order valence-electron chi connectivity index (χ1n) is 9.01. The molecule has 0 aliphatic heterocycles. The van der Waals surface area contributed by atoms with Gasteiger partial charge in [-0.05, 0) is 40.3 Å². The molecule has 0 N–H and O–H groups in total. The topological polar surface area (TPSA) is 33.0 Å². The van der Waals surface area contributed by atoms with Gasteiger partial charge in [0.25, 0.3) is 0 Å². The van der Waals surface area contributed by atoms with E-state index < -0.39 is 0 Å². The van der Waals surface area contributed by atoms with Crippen LogP contribution in [-0.2, 0) is 25.9 Å². The van der Waals surface area contributed by atoms with Crippen LogP contribution in [0.25, 0.3) is 0 Å². The van der Waals surface area contributed by atoms with Crippen LogP contribution in [0, 0.1) is 11.3 Å². The SMILES string of the molecule is CCc1ccc(Cc2ccc(CC#N)cc2OCc2ccccc2)cc1. The molecular weight excluding hydrogens is 318 g/mol. The molecule has 0 aliphatic rings. The molecule has 130 valence electrons. The quantitative estimate of drug-likeness (QED) is 0.570. The molecular formula is C24H23NO. The Kier molecular flexibility index (Phi) is 6.06. The molecule has 0 atom stereocenters. The van der Waals surface area contributed by atoms with Crippen molar-refractivity contribution >= 4 is 0 Å². The van der Waals surface area contributed by atoms with Crippen LogP contribution in [0.15, 0.2) is 72.8 Å². The van der Waals surface area contributed by atoms with Gasteiger partial charge in [-0.25, -0.2) is 0 Å². The summed E-state index contributed by atoms with van der Waals surface area (Å²) in [4.78, 5) is 0. The molecule has 3 aromatic carbocycles. The van der Waals surface area contributed by atoms with Crippen molar-refractivity contribution in [2.24, 2.45) is 0 Å². The van der Waals surface area contributed by atoms with E-state index in [-0.39, 0.29) is 0 Å². The van der Waals surface area contributed by atoms with Crippen molar-refractivity contribution in [1.82, 2.24) is 0 Å². The van der Waals surface area contributed by atoms with E-state index in [4.69, 9.17) is 10.00 Å². The number of nitrogens with zero attached hydrogens (tertiary/aromatic N) is 1. The second-order valence-corrected chi connectivity index (χ2v) is 6.40. The van der Waals surface area contributed by atoms with Crippen LogP contribution in [0.3, 0.4) is 0 Å². The second kappa shape index (κ2) is 8.87. The number of aryl methyl sites for hydroxylation is 1. The van der Waals surface area contributed by atoms with Crippen molar-refractivity contribution in [2.75, 3.05) is 0 Å². The first-order chi connectivity index (χ1) is 12.8. The van der Waals surface area contributed by atoms with Gasteiger partial charge in [0.15, 0.2) is 0 Å². The molecule has 0 bridgehead atoms. The lowest BCUT2D eigenvalue weighted by molar-refractivity contribution is 0.303. The standard InChI is InChI=1S/C24H23NO/c1-2-19-8-10-20(11-9-19)16-23-13-12-21(14-15-25)17-24(23)26-18-22-6-4-3-5-7-22/h3-13,17H,2,14,16,18H2,1H3. The molecule has 0 saturated carbocycles. The van der Waals surface area contributed by atoms with Gasteiger partial charge < -0.3 is 4.74 Å². The van der Waals surface area contributed by atoms with Crippen LogP contribution in [-0.4, -0.2) is 0 Å². The van der Waals surface area contributed by atoms with E-state index in [0.29, 0.717) is 13.0 Å². The van der Waals surface area contributed by atoms with Crippen LogP contribution < -0.4 is 4.74 Å². The van der Waals surface area contributed by atoms with Crippen LogP contribution >= 0.6 is 0 Å². The Morgan fingerprint density at radius 1 is 0.808 bits per heavy atom. The van der Waals surface area contributed by atoms with Crippen molar-refractivity contribution in [3.63, 3.8) is 0 Å². The van der Waals surface area contributed by atoms with Gasteiger partial charge in [-0.15, -0.1) is 0 Å². The molecule has 0 unspecified atom stereocenters. The maximum absolute atomic E-state index is 8.98. The van der Waals surface area contributed by atoms with Gasteiger partial charge in [-0.2, -0.15) is 5.26 Å². The highest BCUT2D eigenvalue weighted by atomic mass is 16.5. The number of ether oxygens (including phenoxy) is 1. The zero-order valence-corrected chi connectivity index (χ0v) is 15.1. The van der Waals surface area contributed by atoms with Gasteiger partial charge in [0.05, 0.1) is 12.5 Å². The first kappa shape index (κ1) is 17.8. The summed E-state index contributed by atoms with van der Waals surface area (Å²) < 4.78 is 6.12. The van der Waals surface area contributed by atoms with E-state index in [2.05, 4.69) is 55.5 Å². The molecule has 3 aromatic rings. The zero-order chi connectivity index (χ0) is 18.2. The summed E-state index contributed by atoms with van der Waals surface area (Å²) in [5.41, 5.74) is 5.88. The molecule has 26 heavy (non-hydrogen) atoms. The number of nitriles is 1. The van der Waals surface area contributed by atoms with Crippen LogP contribution in [0.5, 0.6) is 5.75 Å². The Bertz CT molecular complexity index is 876. The van der Waals surface area contributed by atoms with E-state index in [0.717, 1.165) is 35.3 Å². The van der Waals surface area contributed by atoms with Crippen molar-refractivity contribution in [3.8, 4) is 11.8 Å². The fourth-order valence-electron chi connectivity index (χ4n) is 2.93. The maximum atomic E-state index is 8.98. The Hall–Kier alpha value is -3.05. The molecule has 0 aliphatic carbocycles. The summed E-state index contributed by atoms with van der Waals surface area (Å²) in [7, 11) is 0. The van der Waals surface area contributed by atoms with Gasteiger partial charge in [0.1, 0.15) is 12.4 Å². The molecule has 0 heterocycles. The number of benzene rings is 3. The number of rotatable bonds is 7.